The first-order valence-corrected chi connectivity index (χ1v) is 5.81. The lowest BCUT2D eigenvalue weighted by atomic mass is 10.2. The van der Waals surface area contributed by atoms with Gasteiger partial charge >= 0.3 is 0 Å². The molecule has 1 aliphatic heterocycles. The Morgan fingerprint density at radius 2 is 2.27 bits per heavy atom. The Kier molecular flexibility index (Phi) is 3.19. The van der Waals surface area contributed by atoms with Crippen molar-refractivity contribution in [3.05, 3.63) is 28.8 Å². The Bertz CT molecular complexity index is 393. The Labute approximate surface area is 97.5 Å². The van der Waals surface area contributed by atoms with E-state index in [-0.39, 0.29) is 5.84 Å². The van der Waals surface area contributed by atoms with E-state index in [1.807, 2.05) is 12.1 Å². The molecule has 5 heteroatoms. The van der Waals surface area contributed by atoms with Crippen LogP contribution in [-0.2, 0) is 4.74 Å². The fourth-order valence-electron chi connectivity index (χ4n) is 1.26. The van der Waals surface area contributed by atoms with Gasteiger partial charge in [-0.1, -0.05) is 11.6 Å². The van der Waals surface area contributed by atoms with E-state index < -0.39 is 0 Å². The number of thioether (sulfide) groups is 1. The minimum atomic E-state index is 0.00327. The predicted octanol–water partition coefficient (Wildman–Crippen LogP) is 2.11. The predicted molar refractivity (Wildman–Crippen MR) is 62.9 cm³/mol. The van der Waals surface area contributed by atoms with Gasteiger partial charge in [-0.3, -0.25) is 5.41 Å². The van der Waals surface area contributed by atoms with Crippen LogP contribution in [-0.4, -0.2) is 24.3 Å². The molecule has 1 heterocycles. The summed E-state index contributed by atoms with van der Waals surface area (Å²) in [6.07, 6.45) is 0. The van der Waals surface area contributed by atoms with Crippen LogP contribution in [0.5, 0.6) is 0 Å². The largest absolute Gasteiger partial charge is 0.384 e. The lowest BCUT2D eigenvalue weighted by Crippen LogP contribution is -2.30. The Morgan fingerprint density at radius 3 is 2.73 bits per heavy atom. The highest BCUT2D eigenvalue weighted by atomic mass is 35.5. The fraction of sp³-hybridized carbons (Fsp3) is 0.300. The van der Waals surface area contributed by atoms with Gasteiger partial charge in [0.15, 0.2) is 0 Å². The van der Waals surface area contributed by atoms with Crippen molar-refractivity contribution >= 4 is 29.2 Å². The summed E-state index contributed by atoms with van der Waals surface area (Å²) in [4.78, 5) is 1.10. The molecule has 80 valence electrons. The zero-order valence-corrected chi connectivity index (χ0v) is 9.57. The van der Waals surface area contributed by atoms with Crippen LogP contribution in [0.1, 0.15) is 5.56 Å². The van der Waals surface area contributed by atoms with E-state index in [9.17, 15) is 0 Å². The number of halogens is 1. The van der Waals surface area contributed by atoms with Crippen LogP contribution in [0.15, 0.2) is 23.1 Å². The number of nitrogen functional groups attached to an aromatic ring is 1. The van der Waals surface area contributed by atoms with E-state index in [0.717, 1.165) is 18.1 Å². The van der Waals surface area contributed by atoms with E-state index in [2.05, 4.69) is 0 Å². The Hall–Kier alpha value is -0.710. The van der Waals surface area contributed by atoms with Crippen LogP contribution in [0.25, 0.3) is 0 Å². The molecule has 0 amide bonds. The third kappa shape index (κ3) is 2.45. The molecule has 1 aromatic carbocycles. The van der Waals surface area contributed by atoms with Crippen molar-refractivity contribution in [3.63, 3.8) is 0 Å². The number of benzene rings is 1. The molecule has 0 bridgehead atoms. The van der Waals surface area contributed by atoms with E-state index in [1.165, 1.54) is 0 Å². The summed E-state index contributed by atoms with van der Waals surface area (Å²) >= 11 is 7.75. The van der Waals surface area contributed by atoms with E-state index in [4.69, 9.17) is 27.5 Å². The van der Waals surface area contributed by atoms with Crippen LogP contribution in [0.3, 0.4) is 0 Å². The third-order valence-corrected chi connectivity index (χ3v) is 3.59. The summed E-state index contributed by atoms with van der Waals surface area (Å²) in [6.45, 7) is 1.60. The summed E-state index contributed by atoms with van der Waals surface area (Å²) in [5.41, 5.74) is 5.96. The van der Waals surface area contributed by atoms with Gasteiger partial charge in [0.1, 0.15) is 5.84 Å². The highest BCUT2D eigenvalue weighted by Crippen LogP contribution is 2.30. The molecule has 0 radical (unpaired) electrons. The molecule has 15 heavy (non-hydrogen) atoms. The summed E-state index contributed by atoms with van der Waals surface area (Å²) < 4.78 is 5.09. The normalized spacial score (nSPS) is 16.1. The number of amidine groups is 1. The zero-order chi connectivity index (χ0) is 10.8. The van der Waals surface area contributed by atoms with Crippen molar-refractivity contribution in [2.45, 2.75) is 10.1 Å². The minimum absolute atomic E-state index is 0.00327. The average molecular weight is 243 g/mol. The van der Waals surface area contributed by atoms with Gasteiger partial charge in [-0.2, -0.15) is 0 Å². The first kappa shape index (κ1) is 10.8. The summed E-state index contributed by atoms with van der Waals surface area (Å²) in [6, 6.07) is 5.57. The summed E-state index contributed by atoms with van der Waals surface area (Å²) in [7, 11) is 0. The Balaban J connectivity index is 2.13. The van der Waals surface area contributed by atoms with Gasteiger partial charge in [0, 0.05) is 10.5 Å². The molecule has 0 unspecified atom stereocenters. The molecule has 0 spiro atoms. The van der Waals surface area contributed by atoms with Gasteiger partial charge in [0.05, 0.1) is 23.5 Å². The van der Waals surface area contributed by atoms with Crippen molar-refractivity contribution in [3.8, 4) is 0 Å². The monoisotopic (exact) mass is 242 g/mol. The van der Waals surface area contributed by atoms with Crippen molar-refractivity contribution in [2.75, 3.05) is 13.2 Å². The number of nitrogens with two attached hydrogens (primary N) is 1. The van der Waals surface area contributed by atoms with Crippen LogP contribution < -0.4 is 5.73 Å². The molecule has 0 saturated carbocycles. The number of nitrogens with one attached hydrogen (secondary N) is 1. The molecule has 1 aliphatic rings. The summed E-state index contributed by atoms with van der Waals surface area (Å²) in [5.74, 6) is 0.00327. The van der Waals surface area contributed by atoms with Crippen molar-refractivity contribution < 1.29 is 4.74 Å². The Morgan fingerprint density at radius 1 is 1.53 bits per heavy atom. The highest BCUT2D eigenvalue weighted by Gasteiger charge is 2.19. The van der Waals surface area contributed by atoms with Gasteiger partial charge in [0.25, 0.3) is 0 Å². The first-order valence-electron chi connectivity index (χ1n) is 4.55. The lowest BCUT2D eigenvalue weighted by Gasteiger charge is -2.25. The fourth-order valence-corrected chi connectivity index (χ4v) is 2.66. The minimum Gasteiger partial charge on any atom is -0.384 e. The molecule has 1 fully saturated rings. The second-order valence-electron chi connectivity index (χ2n) is 3.33. The van der Waals surface area contributed by atoms with Gasteiger partial charge in [-0.05, 0) is 18.2 Å². The second-order valence-corrected chi connectivity index (χ2v) is 5.11. The van der Waals surface area contributed by atoms with Crippen LogP contribution in [0, 0.1) is 5.41 Å². The molecule has 1 saturated heterocycles. The second kappa shape index (κ2) is 4.43. The molecule has 0 aliphatic carbocycles. The molecule has 3 N–H and O–H groups in total. The average Bonchev–Trinajstić information content (AvgIpc) is 2.11. The quantitative estimate of drug-likeness (QED) is 0.631. The third-order valence-electron chi connectivity index (χ3n) is 2.14. The number of rotatable bonds is 3. The van der Waals surface area contributed by atoms with E-state index in [1.54, 1.807) is 17.8 Å². The molecule has 1 aromatic rings. The number of hydrogen-bond donors (Lipinski definition) is 2. The van der Waals surface area contributed by atoms with Crippen LogP contribution in [0.2, 0.25) is 5.02 Å². The molecular formula is C10H11ClN2OS. The molecular weight excluding hydrogens is 232 g/mol. The molecule has 0 atom stereocenters. The zero-order valence-electron chi connectivity index (χ0n) is 8.00. The smallest absolute Gasteiger partial charge is 0.124 e. The van der Waals surface area contributed by atoms with Gasteiger partial charge in [-0.15, -0.1) is 11.8 Å². The van der Waals surface area contributed by atoms with Gasteiger partial charge in [-0.25, -0.2) is 0 Å². The molecule has 2 rings (SSSR count). The lowest BCUT2D eigenvalue weighted by molar-refractivity contribution is 0.0455. The van der Waals surface area contributed by atoms with E-state index >= 15 is 0 Å². The van der Waals surface area contributed by atoms with Crippen molar-refractivity contribution in [1.82, 2.24) is 0 Å². The maximum absolute atomic E-state index is 7.30. The number of hydrogen-bond acceptors (Lipinski definition) is 3. The molecule has 0 aromatic heterocycles. The van der Waals surface area contributed by atoms with Crippen LogP contribution >= 0.6 is 23.4 Å². The topological polar surface area (TPSA) is 59.1 Å². The summed E-state index contributed by atoms with van der Waals surface area (Å²) in [5, 5.41) is 8.37. The SMILES string of the molecule is N=C(N)c1ccc(SC2COC2)cc1Cl. The van der Waals surface area contributed by atoms with Gasteiger partial charge < -0.3 is 10.5 Å². The standard InChI is InChI=1S/C10H11ClN2OS/c11-9-3-6(15-7-4-14-5-7)1-2-8(9)10(12)13/h1-3,7H,4-5H2,(H3,12,13). The first-order chi connectivity index (χ1) is 7.16. The van der Waals surface area contributed by atoms with Crippen molar-refractivity contribution in [2.24, 2.45) is 5.73 Å². The van der Waals surface area contributed by atoms with Gasteiger partial charge in [0.2, 0.25) is 0 Å². The van der Waals surface area contributed by atoms with Crippen LogP contribution in [0.4, 0.5) is 0 Å². The maximum atomic E-state index is 7.30. The number of ether oxygens (including phenoxy) is 1. The van der Waals surface area contributed by atoms with Crippen molar-refractivity contribution in [1.29, 1.82) is 5.41 Å². The maximum Gasteiger partial charge on any atom is 0.124 e. The van der Waals surface area contributed by atoms with E-state index in [0.29, 0.717) is 15.8 Å². The highest BCUT2D eigenvalue weighted by molar-refractivity contribution is 8.00. The molecule has 3 nitrogen and oxygen atoms in total.